The largest absolute Gasteiger partial charge is 0.507 e. The fraction of sp³-hybridized carbons (Fsp3) is 0.500. The minimum absolute atomic E-state index is 0.00755. The van der Waals surface area contributed by atoms with Crippen molar-refractivity contribution in [2.45, 2.75) is 39.0 Å². The van der Waals surface area contributed by atoms with Crippen molar-refractivity contribution in [3.63, 3.8) is 0 Å². The van der Waals surface area contributed by atoms with E-state index in [-0.39, 0.29) is 17.7 Å². The zero-order valence-corrected chi connectivity index (χ0v) is 10.9. The molecule has 1 amide bonds. The van der Waals surface area contributed by atoms with Crippen LogP contribution in [0.25, 0.3) is 0 Å². The molecule has 17 heavy (non-hydrogen) atoms. The van der Waals surface area contributed by atoms with E-state index in [9.17, 15) is 9.90 Å². The molecule has 0 spiro atoms. The molecule has 1 aromatic carbocycles. The fourth-order valence-electron chi connectivity index (χ4n) is 1.93. The van der Waals surface area contributed by atoms with Crippen molar-refractivity contribution in [3.05, 3.63) is 29.3 Å². The second-order valence-electron chi connectivity index (χ2n) is 4.72. The highest BCUT2D eigenvalue weighted by Gasteiger charge is 2.17. The van der Waals surface area contributed by atoms with Crippen LogP contribution in [0.1, 0.15) is 50.2 Å². The van der Waals surface area contributed by atoms with Crippen LogP contribution in [-0.2, 0) is 4.79 Å². The molecule has 0 saturated carbocycles. The van der Waals surface area contributed by atoms with Gasteiger partial charge in [-0.1, -0.05) is 39.0 Å². The molecule has 1 aromatic rings. The molecule has 2 N–H and O–H groups in total. The Kier molecular flexibility index (Phi) is 4.55. The number of rotatable bonds is 4. The van der Waals surface area contributed by atoms with Gasteiger partial charge in [-0.25, -0.2) is 0 Å². The minimum atomic E-state index is -0.00755. The Hall–Kier alpha value is -1.51. The molecule has 1 unspecified atom stereocenters. The Labute approximate surface area is 103 Å². The van der Waals surface area contributed by atoms with E-state index in [1.54, 1.807) is 7.05 Å². The third-order valence-corrected chi connectivity index (χ3v) is 3.02. The van der Waals surface area contributed by atoms with Crippen LogP contribution in [0.5, 0.6) is 5.75 Å². The number of para-hydroxylation sites is 1. The topological polar surface area (TPSA) is 49.3 Å². The molecule has 0 fully saturated rings. The highest BCUT2D eigenvalue weighted by Crippen LogP contribution is 2.34. The van der Waals surface area contributed by atoms with Gasteiger partial charge in [0.1, 0.15) is 5.75 Å². The Morgan fingerprint density at radius 2 is 1.88 bits per heavy atom. The maximum atomic E-state index is 11.3. The van der Waals surface area contributed by atoms with Gasteiger partial charge in [0.15, 0.2) is 0 Å². The number of hydrogen-bond donors (Lipinski definition) is 2. The highest BCUT2D eigenvalue weighted by atomic mass is 16.3. The van der Waals surface area contributed by atoms with Crippen molar-refractivity contribution in [1.82, 2.24) is 5.32 Å². The van der Waals surface area contributed by atoms with Crippen LogP contribution in [0.3, 0.4) is 0 Å². The van der Waals surface area contributed by atoms with Crippen molar-refractivity contribution in [2.24, 2.45) is 0 Å². The lowest BCUT2D eigenvalue weighted by Gasteiger charge is -2.16. The average molecular weight is 235 g/mol. The summed E-state index contributed by atoms with van der Waals surface area (Å²) in [7, 11) is 1.62. The van der Waals surface area contributed by atoms with E-state index in [0.717, 1.165) is 11.1 Å². The standard InChI is InChI=1S/C14H21NO2/c1-9(2)11-6-5-7-12(14(11)17)10(3)8-13(16)15-4/h5-7,9-10,17H,8H2,1-4H3,(H,15,16). The van der Waals surface area contributed by atoms with Gasteiger partial charge in [-0.2, -0.15) is 0 Å². The summed E-state index contributed by atoms with van der Waals surface area (Å²) in [5.74, 6) is 0.626. The molecule has 0 heterocycles. The van der Waals surface area contributed by atoms with E-state index in [2.05, 4.69) is 5.32 Å². The van der Waals surface area contributed by atoms with E-state index < -0.39 is 0 Å². The fourth-order valence-corrected chi connectivity index (χ4v) is 1.93. The minimum Gasteiger partial charge on any atom is -0.507 e. The van der Waals surface area contributed by atoms with Crippen molar-refractivity contribution in [2.75, 3.05) is 7.05 Å². The number of carbonyl (C=O) groups is 1. The second kappa shape index (κ2) is 5.71. The summed E-state index contributed by atoms with van der Waals surface area (Å²) in [6, 6.07) is 5.75. The zero-order valence-electron chi connectivity index (χ0n) is 10.9. The molecule has 0 aliphatic heterocycles. The maximum absolute atomic E-state index is 11.3. The quantitative estimate of drug-likeness (QED) is 0.843. The molecule has 3 heteroatoms. The van der Waals surface area contributed by atoms with Crippen LogP contribution in [0, 0.1) is 0 Å². The summed E-state index contributed by atoms with van der Waals surface area (Å²) in [6.45, 7) is 6.04. The Morgan fingerprint density at radius 3 is 2.41 bits per heavy atom. The first kappa shape index (κ1) is 13.6. The van der Waals surface area contributed by atoms with Crippen LogP contribution >= 0.6 is 0 Å². The summed E-state index contributed by atoms with van der Waals surface area (Å²) in [5.41, 5.74) is 1.78. The number of carbonyl (C=O) groups excluding carboxylic acids is 1. The van der Waals surface area contributed by atoms with Crippen molar-refractivity contribution >= 4 is 5.91 Å². The van der Waals surface area contributed by atoms with Gasteiger partial charge in [-0.3, -0.25) is 4.79 Å². The molecular weight excluding hydrogens is 214 g/mol. The second-order valence-corrected chi connectivity index (χ2v) is 4.72. The lowest BCUT2D eigenvalue weighted by atomic mass is 9.91. The van der Waals surface area contributed by atoms with Gasteiger partial charge >= 0.3 is 0 Å². The maximum Gasteiger partial charge on any atom is 0.220 e. The normalized spacial score (nSPS) is 12.5. The number of amides is 1. The molecule has 0 bridgehead atoms. The third-order valence-electron chi connectivity index (χ3n) is 3.02. The van der Waals surface area contributed by atoms with E-state index in [1.807, 2.05) is 39.0 Å². The molecule has 0 aromatic heterocycles. The Balaban J connectivity index is 2.98. The monoisotopic (exact) mass is 235 g/mol. The summed E-state index contributed by atoms with van der Waals surface area (Å²) < 4.78 is 0. The van der Waals surface area contributed by atoms with Gasteiger partial charge in [-0.05, 0) is 23.0 Å². The van der Waals surface area contributed by atoms with E-state index >= 15 is 0 Å². The molecule has 1 atom stereocenters. The van der Waals surface area contributed by atoms with Gasteiger partial charge in [0.2, 0.25) is 5.91 Å². The molecule has 94 valence electrons. The number of hydrogen-bond acceptors (Lipinski definition) is 2. The number of aromatic hydroxyl groups is 1. The van der Waals surface area contributed by atoms with E-state index in [0.29, 0.717) is 12.2 Å². The summed E-state index contributed by atoms with van der Waals surface area (Å²) >= 11 is 0. The van der Waals surface area contributed by atoms with Crippen LogP contribution in [0.4, 0.5) is 0 Å². The van der Waals surface area contributed by atoms with Crippen LogP contribution in [0.2, 0.25) is 0 Å². The lowest BCUT2D eigenvalue weighted by Crippen LogP contribution is -2.19. The number of phenolic OH excluding ortho intramolecular Hbond substituents is 1. The lowest BCUT2D eigenvalue weighted by molar-refractivity contribution is -0.120. The number of phenols is 1. The summed E-state index contributed by atoms with van der Waals surface area (Å²) in [5, 5.41) is 12.8. The smallest absolute Gasteiger partial charge is 0.220 e. The summed E-state index contributed by atoms with van der Waals surface area (Å²) in [4.78, 5) is 11.3. The predicted molar refractivity (Wildman–Crippen MR) is 69.3 cm³/mol. The first-order valence-electron chi connectivity index (χ1n) is 5.99. The molecule has 0 radical (unpaired) electrons. The highest BCUT2D eigenvalue weighted by molar-refractivity contribution is 5.76. The van der Waals surface area contributed by atoms with E-state index in [1.165, 1.54) is 0 Å². The SMILES string of the molecule is CNC(=O)CC(C)c1cccc(C(C)C)c1O. The first-order chi connectivity index (χ1) is 7.97. The third kappa shape index (κ3) is 3.22. The zero-order chi connectivity index (χ0) is 13.0. The van der Waals surface area contributed by atoms with Gasteiger partial charge in [-0.15, -0.1) is 0 Å². The molecule has 0 aliphatic rings. The molecule has 1 rings (SSSR count). The molecule has 0 saturated heterocycles. The van der Waals surface area contributed by atoms with Gasteiger partial charge < -0.3 is 10.4 Å². The van der Waals surface area contributed by atoms with Crippen LogP contribution in [-0.4, -0.2) is 18.1 Å². The van der Waals surface area contributed by atoms with Gasteiger partial charge in [0, 0.05) is 13.5 Å². The van der Waals surface area contributed by atoms with Crippen LogP contribution in [0.15, 0.2) is 18.2 Å². The molecule has 3 nitrogen and oxygen atoms in total. The van der Waals surface area contributed by atoms with Crippen molar-refractivity contribution in [1.29, 1.82) is 0 Å². The average Bonchev–Trinajstić information content (AvgIpc) is 2.28. The first-order valence-corrected chi connectivity index (χ1v) is 5.99. The van der Waals surface area contributed by atoms with E-state index in [4.69, 9.17) is 0 Å². The van der Waals surface area contributed by atoms with Crippen molar-refractivity contribution < 1.29 is 9.90 Å². The van der Waals surface area contributed by atoms with Crippen molar-refractivity contribution in [3.8, 4) is 5.75 Å². The Bertz CT molecular complexity index is 399. The summed E-state index contributed by atoms with van der Waals surface area (Å²) in [6.07, 6.45) is 0.394. The van der Waals surface area contributed by atoms with Crippen LogP contribution < -0.4 is 5.32 Å². The van der Waals surface area contributed by atoms with Gasteiger partial charge in [0.05, 0.1) is 0 Å². The molecule has 0 aliphatic carbocycles. The Morgan fingerprint density at radius 1 is 1.29 bits per heavy atom. The number of nitrogens with one attached hydrogen (secondary N) is 1. The molecular formula is C14H21NO2. The predicted octanol–water partition coefficient (Wildman–Crippen LogP) is 2.76. The number of benzene rings is 1. The van der Waals surface area contributed by atoms with Gasteiger partial charge in [0.25, 0.3) is 0 Å².